The van der Waals surface area contributed by atoms with Crippen molar-refractivity contribution in [2.24, 2.45) is 0 Å². The Balaban J connectivity index is 2.40. The molecule has 1 aromatic rings. The van der Waals surface area contributed by atoms with Crippen molar-refractivity contribution in [1.29, 1.82) is 5.26 Å². The van der Waals surface area contributed by atoms with Gasteiger partial charge in [0.15, 0.2) is 0 Å². The summed E-state index contributed by atoms with van der Waals surface area (Å²) in [7, 11) is -2.08. The molecule has 0 saturated heterocycles. The molecule has 110 valence electrons. The lowest BCUT2D eigenvalue weighted by Gasteiger charge is -2.37. The molecule has 1 saturated carbocycles. The van der Waals surface area contributed by atoms with Crippen LogP contribution in [0, 0.1) is 18.3 Å². The summed E-state index contributed by atoms with van der Waals surface area (Å²) < 4.78 is 27.9. The number of nitriles is 1. The van der Waals surface area contributed by atoms with Gasteiger partial charge in [-0.3, -0.25) is 0 Å². The second-order valence-electron chi connectivity index (χ2n) is 5.20. The lowest BCUT2D eigenvalue weighted by molar-refractivity contribution is 0.213. The molecule has 2 rings (SSSR count). The van der Waals surface area contributed by atoms with Gasteiger partial charge in [-0.1, -0.05) is 19.3 Å². The number of sulfonamides is 1. The lowest BCUT2D eigenvalue weighted by Crippen LogP contribution is -2.49. The molecule has 20 heavy (non-hydrogen) atoms. The first-order valence-corrected chi connectivity index (χ1v) is 9.55. The molecular formula is C13H17BrN2O2S2. The topological polar surface area (TPSA) is 61.2 Å². The fourth-order valence-corrected chi connectivity index (χ4v) is 6.43. The third kappa shape index (κ3) is 2.67. The zero-order valence-corrected chi connectivity index (χ0v) is 14.7. The smallest absolute Gasteiger partial charge is 0.206 e. The van der Waals surface area contributed by atoms with Gasteiger partial charge in [0.2, 0.25) is 0 Å². The molecule has 1 heterocycles. The fraction of sp³-hybridized carbons (Fsp3) is 0.615. The minimum Gasteiger partial charge on any atom is -0.206 e. The zero-order valence-electron chi connectivity index (χ0n) is 11.5. The Morgan fingerprint density at radius 1 is 1.40 bits per heavy atom. The number of rotatable bonds is 3. The van der Waals surface area contributed by atoms with E-state index in [0.717, 1.165) is 28.6 Å². The van der Waals surface area contributed by atoms with Gasteiger partial charge in [-0.05, 0) is 47.3 Å². The van der Waals surface area contributed by atoms with Gasteiger partial charge in [-0.2, -0.15) is 9.57 Å². The van der Waals surface area contributed by atoms with Crippen LogP contribution in [0.3, 0.4) is 0 Å². The molecule has 1 aliphatic rings. The third-order valence-electron chi connectivity index (χ3n) is 3.94. The number of thiophene rings is 1. The number of aryl methyl sites for hydroxylation is 1. The van der Waals surface area contributed by atoms with Crippen molar-refractivity contribution >= 4 is 37.3 Å². The summed E-state index contributed by atoms with van der Waals surface area (Å²) in [6.07, 6.45) is 4.11. The molecule has 0 aliphatic heterocycles. The summed E-state index contributed by atoms with van der Waals surface area (Å²) in [6, 6.07) is 3.92. The Bertz CT molecular complexity index is 620. The number of nitrogens with zero attached hydrogens (tertiary/aromatic N) is 2. The largest absolute Gasteiger partial charge is 0.253 e. The van der Waals surface area contributed by atoms with Crippen molar-refractivity contribution in [3.8, 4) is 6.07 Å². The predicted molar refractivity (Wildman–Crippen MR) is 83.1 cm³/mol. The molecule has 0 aromatic carbocycles. The highest BCUT2D eigenvalue weighted by atomic mass is 79.9. The SMILES string of the molecule is Cc1cc(S(=O)(=O)N(C)C2(C#N)CCCCC2)sc1Br. The van der Waals surface area contributed by atoms with E-state index in [2.05, 4.69) is 22.0 Å². The number of hydrogen-bond acceptors (Lipinski definition) is 4. The molecule has 0 unspecified atom stereocenters. The van der Waals surface area contributed by atoms with E-state index in [1.165, 1.54) is 22.7 Å². The zero-order chi connectivity index (χ0) is 15.0. The highest BCUT2D eigenvalue weighted by Crippen LogP contribution is 2.38. The Morgan fingerprint density at radius 3 is 2.45 bits per heavy atom. The van der Waals surface area contributed by atoms with Crippen LogP contribution in [0.1, 0.15) is 37.7 Å². The average Bonchev–Trinajstić information content (AvgIpc) is 2.79. The van der Waals surface area contributed by atoms with E-state index in [9.17, 15) is 13.7 Å². The summed E-state index contributed by atoms with van der Waals surface area (Å²) in [5.74, 6) is 0. The number of hydrogen-bond donors (Lipinski definition) is 0. The summed E-state index contributed by atoms with van der Waals surface area (Å²) in [4.78, 5) is 0. The number of halogens is 1. The van der Waals surface area contributed by atoms with Crippen molar-refractivity contribution in [1.82, 2.24) is 4.31 Å². The standard InChI is InChI=1S/C13H17BrN2O2S2/c1-10-8-11(19-12(10)14)20(17,18)16(2)13(9-15)6-4-3-5-7-13/h8H,3-7H2,1-2H3. The van der Waals surface area contributed by atoms with Gasteiger partial charge < -0.3 is 0 Å². The fourth-order valence-electron chi connectivity index (χ4n) is 2.56. The molecule has 0 atom stereocenters. The monoisotopic (exact) mass is 376 g/mol. The third-order valence-corrected chi connectivity index (χ3v) is 8.45. The van der Waals surface area contributed by atoms with E-state index in [0.29, 0.717) is 17.1 Å². The van der Waals surface area contributed by atoms with Crippen molar-refractivity contribution in [2.75, 3.05) is 7.05 Å². The predicted octanol–water partition coefficient (Wildman–Crippen LogP) is 3.67. The van der Waals surface area contributed by atoms with Crippen LogP contribution in [0.2, 0.25) is 0 Å². The van der Waals surface area contributed by atoms with Gasteiger partial charge in [-0.25, -0.2) is 8.42 Å². The summed E-state index contributed by atoms with van der Waals surface area (Å²) in [5.41, 5.74) is 0.0122. The molecule has 1 fully saturated rings. The first-order valence-electron chi connectivity index (χ1n) is 6.50. The van der Waals surface area contributed by atoms with Gasteiger partial charge in [0.05, 0.1) is 9.86 Å². The molecule has 0 amide bonds. The minimum absolute atomic E-state index is 0.296. The van der Waals surface area contributed by atoms with Crippen molar-refractivity contribution in [3.63, 3.8) is 0 Å². The Labute approximate surface area is 132 Å². The van der Waals surface area contributed by atoms with Crippen LogP contribution in [0.25, 0.3) is 0 Å². The van der Waals surface area contributed by atoms with Crippen LogP contribution in [0.15, 0.2) is 14.1 Å². The van der Waals surface area contributed by atoms with E-state index >= 15 is 0 Å². The van der Waals surface area contributed by atoms with E-state index in [1.807, 2.05) is 6.92 Å². The van der Waals surface area contributed by atoms with Crippen molar-refractivity contribution < 1.29 is 8.42 Å². The molecule has 4 nitrogen and oxygen atoms in total. The van der Waals surface area contributed by atoms with Crippen LogP contribution in [0.4, 0.5) is 0 Å². The summed E-state index contributed by atoms with van der Waals surface area (Å²) in [6.45, 7) is 1.86. The second kappa shape index (κ2) is 5.76. The molecular weight excluding hydrogens is 360 g/mol. The second-order valence-corrected chi connectivity index (χ2v) is 9.76. The minimum atomic E-state index is -3.61. The highest BCUT2D eigenvalue weighted by Gasteiger charge is 2.43. The van der Waals surface area contributed by atoms with Crippen LogP contribution in [-0.4, -0.2) is 25.3 Å². The van der Waals surface area contributed by atoms with E-state index in [-0.39, 0.29) is 0 Å². The molecule has 0 bridgehead atoms. The normalized spacial score (nSPS) is 18.9. The van der Waals surface area contributed by atoms with Gasteiger partial charge in [0, 0.05) is 7.05 Å². The quantitative estimate of drug-likeness (QED) is 0.808. The molecule has 7 heteroatoms. The highest BCUT2D eigenvalue weighted by molar-refractivity contribution is 9.11. The average molecular weight is 377 g/mol. The van der Waals surface area contributed by atoms with E-state index in [4.69, 9.17) is 0 Å². The molecule has 0 N–H and O–H groups in total. The van der Waals surface area contributed by atoms with E-state index in [1.54, 1.807) is 6.07 Å². The molecule has 0 spiro atoms. The molecule has 1 aromatic heterocycles. The first-order chi connectivity index (χ1) is 9.33. The maximum atomic E-state index is 12.7. The van der Waals surface area contributed by atoms with Gasteiger partial charge in [0.1, 0.15) is 9.75 Å². The Hall–Kier alpha value is -0.420. The van der Waals surface area contributed by atoms with Gasteiger partial charge in [-0.15, -0.1) is 11.3 Å². The maximum Gasteiger partial charge on any atom is 0.253 e. The van der Waals surface area contributed by atoms with Crippen LogP contribution in [0.5, 0.6) is 0 Å². The first kappa shape index (κ1) is 16.0. The summed E-state index contributed by atoms with van der Waals surface area (Å²) in [5, 5.41) is 9.52. The Kier molecular flexibility index (Phi) is 4.59. The van der Waals surface area contributed by atoms with Crippen LogP contribution < -0.4 is 0 Å². The maximum absolute atomic E-state index is 12.7. The van der Waals surface area contributed by atoms with Gasteiger partial charge >= 0.3 is 0 Å². The summed E-state index contributed by atoms with van der Waals surface area (Å²) >= 11 is 4.56. The van der Waals surface area contributed by atoms with Gasteiger partial charge in [0.25, 0.3) is 10.0 Å². The van der Waals surface area contributed by atoms with Crippen LogP contribution in [-0.2, 0) is 10.0 Å². The van der Waals surface area contributed by atoms with Crippen LogP contribution >= 0.6 is 27.3 Å². The van der Waals surface area contributed by atoms with E-state index < -0.39 is 15.6 Å². The Morgan fingerprint density at radius 2 is 2.00 bits per heavy atom. The van der Waals surface area contributed by atoms with Crippen molar-refractivity contribution in [3.05, 3.63) is 15.4 Å². The van der Waals surface area contributed by atoms with Crippen molar-refractivity contribution in [2.45, 2.75) is 48.8 Å². The lowest BCUT2D eigenvalue weighted by atomic mass is 9.83. The molecule has 1 aliphatic carbocycles. The molecule has 0 radical (unpaired) electrons.